The van der Waals surface area contributed by atoms with Gasteiger partial charge >= 0.3 is 0 Å². The van der Waals surface area contributed by atoms with Gasteiger partial charge in [-0.05, 0) is 101 Å². The topological polar surface area (TPSA) is 48.5 Å². The van der Waals surface area contributed by atoms with Crippen LogP contribution in [0.2, 0.25) is 0 Å². The van der Waals surface area contributed by atoms with Gasteiger partial charge < -0.3 is 9.13 Å². The van der Waals surface area contributed by atoms with E-state index >= 15 is 0 Å². The molecule has 0 aliphatic rings. The van der Waals surface area contributed by atoms with Crippen LogP contribution >= 0.6 is 0 Å². The summed E-state index contributed by atoms with van der Waals surface area (Å²) in [6.07, 6.45) is 0. The lowest BCUT2D eigenvalue weighted by molar-refractivity contribution is 1.07. The van der Waals surface area contributed by atoms with Crippen LogP contribution in [0.3, 0.4) is 0 Å². The number of rotatable bonds is 6. The molecular formula is C55H35N5. The van der Waals surface area contributed by atoms with E-state index in [4.69, 9.17) is 15.0 Å². The Morgan fingerprint density at radius 1 is 0.250 bits per heavy atom. The van der Waals surface area contributed by atoms with Gasteiger partial charge in [0.05, 0.1) is 22.1 Å². The zero-order valence-corrected chi connectivity index (χ0v) is 32.4. The smallest absolute Gasteiger partial charge is 0.164 e. The molecule has 0 saturated carbocycles. The molecule has 0 saturated heterocycles. The Labute approximate surface area is 346 Å². The van der Waals surface area contributed by atoms with Crippen molar-refractivity contribution in [3.05, 3.63) is 212 Å². The Kier molecular flexibility index (Phi) is 7.78. The van der Waals surface area contributed by atoms with E-state index in [9.17, 15) is 0 Å². The lowest BCUT2D eigenvalue weighted by Gasteiger charge is -2.11. The number of nitrogens with zero attached hydrogens (tertiary/aromatic N) is 5. The summed E-state index contributed by atoms with van der Waals surface area (Å²) < 4.78 is 4.72. The van der Waals surface area contributed by atoms with E-state index < -0.39 is 0 Å². The fourth-order valence-corrected chi connectivity index (χ4v) is 8.88. The molecule has 0 aliphatic carbocycles. The van der Waals surface area contributed by atoms with Gasteiger partial charge in [-0.3, -0.25) is 0 Å². The van der Waals surface area contributed by atoms with Crippen LogP contribution in [0.15, 0.2) is 212 Å². The molecule has 9 aromatic carbocycles. The van der Waals surface area contributed by atoms with E-state index in [1.165, 1.54) is 49.1 Å². The lowest BCUT2D eigenvalue weighted by atomic mass is 10.0. The maximum Gasteiger partial charge on any atom is 0.164 e. The average Bonchev–Trinajstić information content (AvgIpc) is 3.84. The quantitative estimate of drug-likeness (QED) is 0.169. The van der Waals surface area contributed by atoms with Crippen molar-refractivity contribution < 1.29 is 0 Å². The van der Waals surface area contributed by atoms with Crippen molar-refractivity contribution in [2.75, 3.05) is 0 Å². The van der Waals surface area contributed by atoms with Crippen LogP contribution in [0.4, 0.5) is 0 Å². The minimum Gasteiger partial charge on any atom is -0.309 e. The molecule has 3 aromatic heterocycles. The molecule has 280 valence electrons. The second kappa shape index (κ2) is 13.8. The number of fused-ring (bicyclic) bond motifs is 7. The van der Waals surface area contributed by atoms with Crippen LogP contribution in [-0.4, -0.2) is 24.1 Å². The molecule has 0 atom stereocenters. The normalized spacial score (nSPS) is 11.7. The molecule has 60 heavy (non-hydrogen) atoms. The van der Waals surface area contributed by atoms with Gasteiger partial charge in [-0.1, -0.05) is 133 Å². The summed E-state index contributed by atoms with van der Waals surface area (Å²) in [4.78, 5) is 15.0. The Morgan fingerprint density at radius 2 is 0.667 bits per heavy atom. The van der Waals surface area contributed by atoms with E-state index in [1.54, 1.807) is 0 Å². The highest BCUT2D eigenvalue weighted by molar-refractivity contribution is 6.12. The maximum atomic E-state index is 5.06. The molecule has 5 heteroatoms. The van der Waals surface area contributed by atoms with Gasteiger partial charge in [0, 0.05) is 49.6 Å². The Morgan fingerprint density at radius 3 is 1.27 bits per heavy atom. The van der Waals surface area contributed by atoms with Gasteiger partial charge in [-0.15, -0.1) is 0 Å². The first-order valence-electron chi connectivity index (χ1n) is 20.3. The van der Waals surface area contributed by atoms with Crippen LogP contribution < -0.4 is 0 Å². The van der Waals surface area contributed by atoms with Gasteiger partial charge in [0.25, 0.3) is 0 Å². The highest BCUT2D eigenvalue weighted by atomic mass is 15.0. The van der Waals surface area contributed by atoms with Gasteiger partial charge in [-0.25, -0.2) is 15.0 Å². The van der Waals surface area contributed by atoms with Gasteiger partial charge in [0.15, 0.2) is 17.5 Å². The third kappa shape index (κ3) is 5.59. The van der Waals surface area contributed by atoms with Crippen molar-refractivity contribution in [3.8, 4) is 56.7 Å². The molecule has 0 fully saturated rings. The SMILES string of the molecule is c1ccc(-c2nc(-c3ccc(-n4c5ccccc5c5cc(-c6ccc7c(c6)c6ccccc6n7-c6ccccc6)ccc54)cc3)nc(-c3ccc4ccccc4c3)n2)cc1. The predicted molar refractivity (Wildman–Crippen MR) is 248 cm³/mol. The van der Waals surface area contributed by atoms with Crippen LogP contribution in [-0.2, 0) is 0 Å². The van der Waals surface area contributed by atoms with Crippen LogP contribution in [0.1, 0.15) is 0 Å². The monoisotopic (exact) mass is 765 g/mol. The zero-order chi connectivity index (χ0) is 39.6. The van der Waals surface area contributed by atoms with E-state index in [0.29, 0.717) is 17.5 Å². The third-order valence-electron chi connectivity index (χ3n) is 11.8. The first-order chi connectivity index (χ1) is 29.7. The molecule has 12 rings (SSSR count). The van der Waals surface area contributed by atoms with Gasteiger partial charge in [0.1, 0.15) is 0 Å². The van der Waals surface area contributed by atoms with Gasteiger partial charge in [0.2, 0.25) is 0 Å². The van der Waals surface area contributed by atoms with Crippen molar-refractivity contribution in [2.24, 2.45) is 0 Å². The summed E-state index contributed by atoms with van der Waals surface area (Å²) in [5.41, 5.74) is 12.1. The van der Waals surface area contributed by atoms with E-state index in [2.05, 4.69) is 191 Å². The highest BCUT2D eigenvalue weighted by Gasteiger charge is 2.17. The molecule has 12 aromatic rings. The van der Waals surface area contributed by atoms with Crippen LogP contribution in [0.25, 0.3) is 111 Å². The summed E-state index contributed by atoms with van der Waals surface area (Å²) in [7, 11) is 0. The largest absolute Gasteiger partial charge is 0.309 e. The van der Waals surface area contributed by atoms with Crippen molar-refractivity contribution in [1.29, 1.82) is 0 Å². The Balaban J connectivity index is 0.951. The minimum absolute atomic E-state index is 0.634. The zero-order valence-electron chi connectivity index (χ0n) is 32.4. The summed E-state index contributed by atoms with van der Waals surface area (Å²) in [5, 5.41) is 7.25. The Hall–Kier alpha value is -8.15. The number of benzene rings is 9. The number of para-hydroxylation sites is 3. The molecule has 0 bridgehead atoms. The first-order valence-corrected chi connectivity index (χ1v) is 20.3. The average molecular weight is 766 g/mol. The van der Waals surface area contributed by atoms with Crippen molar-refractivity contribution >= 4 is 54.4 Å². The fraction of sp³-hybridized carbons (Fsp3) is 0. The van der Waals surface area contributed by atoms with E-state index in [-0.39, 0.29) is 0 Å². The molecule has 5 nitrogen and oxygen atoms in total. The summed E-state index contributed by atoms with van der Waals surface area (Å²) >= 11 is 0. The molecular weight excluding hydrogens is 731 g/mol. The second-order valence-corrected chi connectivity index (χ2v) is 15.3. The molecule has 0 N–H and O–H groups in total. The number of hydrogen-bond acceptors (Lipinski definition) is 3. The summed E-state index contributed by atoms with van der Waals surface area (Å²) in [6.45, 7) is 0. The summed E-state index contributed by atoms with van der Waals surface area (Å²) in [6, 6.07) is 75.2. The van der Waals surface area contributed by atoms with Crippen molar-refractivity contribution in [2.45, 2.75) is 0 Å². The molecule has 0 spiro atoms. The van der Waals surface area contributed by atoms with Crippen LogP contribution in [0.5, 0.6) is 0 Å². The molecule has 0 aliphatic heterocycles. The predicted octanol–water partition coefficient (Wildman–Crippen LogP) is 13.9. The molecule has 0 radical (unpaired) electrons. The minimum atomic E-state index is 0.634. The second-order valence-electron chi connectivity index (χ2n) is 15.3. The van der Waals surface area contributed by atoms with Crippen molar-refractivity contribution in [1.82, 2.24) is 24.1 Å². The van der Waals surface area contributed by atoms with Crippen molar-refractivity contribution in [3.63, 3.8) is 0 Å². The number of hydrogen-bond donors (Lipinski definition) is 0. The van der Waals surface area contributed by atoms with Gasteiger partial charge in [-0.2, -0.15) is 0 Å². The summed E-state index contributed by atoms with van der Waals surface area (Å²) in [5.74, 6) is 1.93. The third-order valence-corrected chi connectivity index (χ3v) is 11.8. The number of aromatic nitrogens is 5. The molecule has 0 amide bonds. The highest BCUT2D eigenvalue weighted by Crippen LogP contribution is 2.38. The fourth-order valence-electron chi connectivity index (χ4n) is 8.88. The first kappa shape index (κ1) is 33.9. The molecule has 0 unspecified atom stereocenters. The van der Waals surface area contributed by atoms with Crippen LogP contribution in [0, 0.1) is 0 Å². The van der Waals surface area contributed by atoms with E-state index in [0.717, 1.165) is 44.5 Å². The molecule has 3 heterocycles. The maximum absolute atomic E-state index is 5.06. The van der Waals surface area contributed by atoms with E-state index in [1.807, 2.05) is 30.3 Å². The Bertz CT molecular complexity index is 3580. The standard InChI is InChI=1S/C55H35N5/c1-3-14-37(15-4-1)53-56-54(58-55(57-53)42-24-23-36-13-7-8-16-39(36)33-42)38-25-29-44(30-26-38)60-50-22-12-10-20-46(50)48-35-41(28-32-52(48)60)40-27-31-51-47(34-40)45-19-9-11-21-49(45)59(51)43-17-5-2-6-18-43/h1-35H. The lowest BCUT2D eigenvalue weighted by Crippen LogP contribution is -2.00.